The second-order valence-electron chi connectivity index (χ2n) is 4.99. The number of amides is 1. The Morgan fingerprint density at radius 3 is 2.12 bits per heavy atom. The number of rotatable bonds is 7. The van der Waals surface area contributed by atoms with Crippen molar-refractivity contribution >= 4 is 23.5 Å². The van der Waals surface area contributed by atoms with E-state index in [-0.39, 0.29) is 12.3 Å². The van der Waals surface area contributed by atoms with Crippen molar-refractivity contribution in [2.45, 2.75) is 32.9 Å². The maximum atomic E-state index is 11.4. The number of nitrogens with one attached hydrogen (secondary N) is 1. The quantitative estimate of drug-likeness (QED) is 0.451. The van der Waals surface area contributed by atoms with Crippen LogP contribution in [0.15, 0.2) is 24.3 Å². The molecule has 0 aliphatic rings. The van der Waals surface area contributed by atoms with Crippen LogP contribution in [0.4, 0.5) is 5.69 Å². The van der Waals surface area contributed by atoms with Gasteiger partial charge in [-0.05, 0) is 17.7 Å². The van der Waals surface area contributed by atoms with Gasteiger partial charge < -0.3 is 14.8 Å². The molecule has 0 saturated carbocycles. The lowest BCUT2D eigenvalue weighted by atomic mass is 10.0. The number of ether oxygens (including phenoxy) is 2. The molecule has 0 saturated heterocycles. The summed E-state index contributed by atoms with van der Waals surface area (Å²) >= 11 is 0. The number of carbonyl (C=O) groups excluding carboxylic acids is 3. The number of carbonyl (C=O) groups is 3. The van der Waals surface area contributed by atoms with Crippen molar-refractivity contribution in [3.63, 3.8) is 0 Å². The second kappa shape index (κ2) is 8.61. The predicted molar refractivity (Wildman–Crippen MR) is 81.8 cm³/mol. The zero-order chi connectivity index (χ0) is 18.3. The Labute approximate surface area is 138 Å². The fourth-order valence-electron chi connectivity index (χ4n) is 2.02. The van der Waals surface area contributed by atoms with Gasteiger partial charge >= 0.3 is 11.9 Å². The second-order valence-corrected chi connectivity index (χ2v) is 4.99. The summed E-state index contributed by atoms with van der Waals surface area (Å²) in [6.07, 6.45) is -0.966. The highest BCUT2D eigenvalue weighted by Gasteiger charge is 2.28. The number of esters is 2. The Morgan fingerprint density at radius 1 is 1.12 bits per heavy atom. The van der Waals surface area contributed by atoms with Crippen molar-refractivity contribution in [3.05, 3.63) is 39.9 Å². The molecule has 0 radical (unpaired) electrons. The van der Waals surface area contributed by atoms with Crippen LogP contribution >= 0.6 is 0 Å². The maximum absolute atomic E-state index is 11.4. The molecular formula is C15H18N2O7. The van der Waals surface area contributed by atoms with Crippen molar-refractivity contribution < 1.29 is 28.8 Å². The van der Waals surface area contributed by atoms with E-state index in [2.05, 4.69) is 5.32 Å². The molecular weight excluding hydrogens is 320 g/mol. The van der Waals surface area contributed by atoms with Gasteiger partial charge in [-0.1, -0.05) is 0 Å². The first-order chi connectivity index (χ1) is 11.2. The fourth-order valence-corrected chi connectivity index (χ4v) is 2.02. The highest BCUT2D eigenvalue weighted by molar-refractivity contribution is 5.73. The van der Waals surface area contributed by atoms with Crippen LogP contribution in [0, 0.1) is 10.1 Å². The van der Waals surface area contributed by atoms with E-state index < -0.39 is 34.9 Å². The van der Waals surface area contributed by atoms with E-state index >= 15 is 0 Å². The van der Waals surface area contributed by atoms with Crippen LogP contribution in [0.3, 0.4) is 0 Å². The van der Waals surface area contributed by atoms with Crippen molar-refractivity contribution in [1.29, 1.82) is 0 Å². The van der Waals surface area contributed by atoms with Gasteiger partial charge in [0.25, 0.3) is 5.69 Å². The molecule has 1 rings (SSSR count). The van der Waals surface area contributed by atoms with Crippen LogP contribution in [-0.4, -0.2) is 35.4 Å². The van der Waals surface area contributed by atoms with Gasteiger partial charge in [-0.3, -0.25) is 24.5 Å². The predicted octanol–water partition coefficient (Wildman–Crippen LogP) is 1.27. The van der Waals surface area contributed by atoms with E-state index in [0.29, 0.717) is 5.56 Å². The van der Waals surface area contributed by atoms with Gasteiger partial charge in [-0.15, -0.1) is 0 Å². The summed E-state index contributed by atoms with van der Waals surface area (Å²) in [5.41, 5.74) is 0.290. The van der Waals surface area contributed by atoms with E-state index in [1.54, 1.807) is 0 Å². The Hall–Kier alpha value is -2.97. The summed E-state index contributed by atoms with van der Waals surface area (Å²) in [4.78, 5) is 43.9. The third-order valence-electron chi connectivity index (χ3n) is 2.95. The lowest BCUT2D eigenvalue weighted by Gasteiger charge is -2.27. The van der Waals surface area contributed by atoms with Crippen LogP contribution < -0.4 is 5.32 Å². The summed E-state index contributed by atoms with van der Waals surface area (Å²) in [6.45, 7) is 3.44. The largest absolute Gasteiger partial charge is 0.464 e. The highest BCUT2D eigenvalue weighted by atomic mass is 16.6. The third-order valence-corrected chi connectivity index (χ3v) is 2.95. The summed E-state index contributed by atoms with van der Waals surface area (Å²) < 4.78 is 10.1. The molecule has 24 heavy (non-hydrogen) atoms. The van der Waals surface area contributed by atoms with E-state index in [9.17, 15) is 24.5 Å². The van der Waals surface area contributed by atoms with Gasteiger partial charge in [0, 0.05) is 32.9 Å². The normalized spacial score (nSPS) is 12.6. The van der Waals surface area contributed by atoms with Crippen LogP contribution in [0.5, 0.6) is 0 Å². The molecule has 0 spiro atoms. The molecule has 9 nitrogen and oxygen atoms in total. The Kier molecular flexibility index (Phi) is 6.84. The van der Waals surface area contributed by atoms with Gasteiger partial charge in [0.2, 0.25) is 5.91 Å². The molecule has 1 N–H and O–H groups in total. The third kappa shape index (κ3) is 6.03. The summed E-state index contributed by atoms with van der Waals surface area (Å²) in [5, 5.41) is 13.3. The first kappa shape index (κ1) is 19.1. The van der Waals surface area contributed by atoms with Gasteiger partial charge in [0.1, 0.15) is 12.6 Å². The van der Waals surface area contributed by atoms with Gasteiger partial charge in [0.05, 0.1) is 4.92 Å². The average molecular weight is 338 g/mol. The summed E-state index contributed by atoms with van der Waals surface area (Å²) in [5.74, 6) is -1.58. The Bertz CT molecular complexity index is 627. The molecule has 0 unspecified atom stereocenters. The van der Waals surface area contributed by atoms with E-state index in [1.165, 1.54) is 45.0 Å². The van der Waals surface area contributed by atoms with Gasteiger partial charge in [0.15, 0.2) is 6.10 Å². The van der Waals surface area contributed by atoms with Gasteiger partial charge in [-0.25, -0.2) is 0 Å². The van der Waals surface area contributed by atoms with Crippen molar-refractivity contribution in [3.8, 4) is 0 Å². The minimum atomic E-state index is -0.966. The van der Waals surface area contributed by atoms with E-state index in [4.69, 9.17) is 9.47 Å². The molecule has 0 aromatic heterocycles. The number of nitro groups is 1. The number of hydrogen-bond acceptors (Lipinski definition) is 7. The van der Waals surface area contributed by atoms with Crippen LogP contribution in [0.1, 0.15) is 32.4 Å². The number of non-ortho nitro benzene ring substituents is 1. The summed E-state index contributed by atoms with van der Waals surface area (Å²) in [6, 6.07) is 4.49. The molecule has 1 amide bonds. The Balaban J connectivity index is 3.13. The van der Waals surface area contributed by atoms with Crippen molar-refractivity contribution in [2.75, 3.05) is 6.61 Å². The first-order valence-electron chi connectivity index (χ1n) is 7.02. The zero-order valence-electron chi connectivity index (χ0n) is 13.5. The molecule has 1 aromatic carbocycles. The zero-order valence-corrected chi connectivity index (χ0v) is 13.5. The lowest BCUT2D eigenvalue weighted by Crippen LogP contribution is -2.43. The van der Waals surface area contributed by atoms with Crippen LogP contribution in [0.25, 0.3) is 0 Å². The first-order valence-corrected chi connectivity index (χ1v) is 7.02. The van der Waals surface area contributed by atoms with Crippen molar-refractivity contribution in [1.82, 2.24) is 5.32 Å². The highest BCUT2D eigenvalue weighted by Crippen LogP contribution is 2.24. The number of nitro benzene ring substituents is 1. The molecule has 0 aliphatic carbocycles. The van der Waals surface area contributed by atoms with E-state index in [0.717, 1.165) is 0 Å². The maximum Gasteiger partial charge on any atom is 0.303 e. The standard InChI is InChI=1S/C15H18N2O7/c1-9(18)16-14(8-23-10(2)19)15(24-11(3)20)12-4-6-13(7-5-12)17(21)22/h4-7,14-15H,8H2,1-3H3,(H,16,18)/t14-,15-/m0/s1. The van der Waals surface area contributed by atoms with Crippen LogP contribution in [-0.2, 0) is 23.9 Å². The molecule has 1 aromatic rings. The molecule has 130 valence electrons. The molecule has 0 bridgehead atoms. The minimum Gasteiger partial charge on any atom is -0.464 e. The monoisotopic (exact) mass is 338 g/mol. The molecule has 0 fully saturated rings. The van der Waals surface area contributed by atoms with E-state index in [1.807, 2.05) is 0 Å². The minimum absolute atomic E-state index is 0.128. The number of nitrogens with zero attached hydrogens (tertiary/aromatic N) is 1. The van der Waals surface area contributed by atoms with Gasteiger partial charge in [-0.2, -0.15) is 0 Å². The Morgan fingerprint density at radius 2 is 1.71 bits per heavy atom. The molecule has 0 heterocycles. The smallest absolute Gasteiger partial charge is 0.303 e. The topological polar surface area (TPSA) is 125 Å². The average Bonchev–Trinajstić information content (AvgIpc) is 2.48. The summed E-state index contributed by atoms with van der Waals surface area (Å²) in [7, 11) is 0. The number of benzene rings is 1. The molecule has 2 atom stereocenters. The number of hydrogen-bond donors (Lipinski definition) is 1. The molecule has 0 aliphatic heterocycles. The molecule has 9 heteroatoms. The fraction of sp³-hybridized carbons (Fsp3) is 0.400. The SMILES string of the molecule is CC(=O)N[C@@H](COC(C)=O)[C@@H](OC(C)=O)c1ccc([N+](=O)[O-])cc1. The lowest BCUT2D eigenvalue weighted by molar-refractivity contribution is -0.384. The van der Waals surface area contributed by atoms with Crippen LogP contribution in [0.2, 0.25) is 0 Å². The van der Waals surface area contributed by atoms with Crippen molar-refractivity contribution in [2.24, 2.45) is 0 Å².